The number of hydrogen-bond acceptors (Lipinski definition) is 6. The summed E-state index contributed by atoms with van der Waals surface area (Å²) < 4.78 is 17.0. The maximum atomic E-state index is 12.4. The minimum Gasteiger partial charge on any atom is -0.493 e. The summed E-state index contributed by atoms with van der Waals surface area (Å²) in [5.41, 5.74) is 4.40. The first-order chi connectivity index (χ1) is 15.5. The molecule has 0 aliphatic rings. The Morgan fingerprint density at radius 2 is 1.81 bits per heavy atom. The molecule has 0 bridgehead atoms. The summed E-state index contributed by atoms with van der Waals surface area (Å²) in [6, 6.07) is 19.2. The molecule has 0 unspecified atom stereocenters. The summed E-state index contributed by atoms with van der Waals surface area (Å²) in [6.07, 6.45) is 1.45. The highest BCUT2D eigenvalue weighted by Crippen LogP contribution is 2.28. The third-order valence-corrected chi connectivity index (χ3v) is 4.80. The van der Waals surface area contributed by atoms with Gasteiger partial charge in [0.2, 0.25) is 0 Å². The minimum atomic E-state index is -0.507. The second-order valence-corrected chi connectivity index (χ2v) is 7.57. The number of halogens is 1. The van der Waals surface area contributed by atoms with E-state index >= 15 is 0 Å². The van der Waals surface area contributed by atoms with Crippen molar-refractivity contribution in [1.29, 1.82) is 0 Å². The average Bonchev–Trinajstić information content (AvgIpc) is 2.79. The number of para-hydroxylation sites is 1. The van der Waals surface area contributed by atoms with E-state index < -0.39 is 11.9 Å². The summed E-state index contributed by atoms with van der Waals surface area (Å²) in [5.74, 6) is 0.365. The van der Waals surface area contributed by atoms with Crippen molar-refractivity contribution in [3.8, 4) is 17.2 Å². The van der Waals surface area contributed by atoms with Crippen LogP contribution in [-0.2, 0) is 4.79 Å². The first-order valence-electron chi connectivity index (χ1n) is 9.62. The Morgan fingerprint density at radius 1 is 1.00 bits per heavy atom. The Bertz CT molecular complexity index is 1150. The van der Waals surface area contributed by atoms with Crippen molar-refractivity contribution in [3.63, 3.8) is 0 Å². The number of hydrazone groups is 1. The minimum absolute atomic E-state index is 0.157. The van der Waals surface area contributed by atoms with Gasteiger partial charge >= 0.3 is 5.97 Å². The normalized spacial score (nSPS) is 10.6. The Balaban J connectivity index is 1.58. The van der Waals surface area contributed by atoms with Gasteiger partial charge in [-0.05, 0) is 60.5 Å². The number of carbonyl (C=O) groups is 2. The largest absolute Gasteiger partial charge is 0.493 e. The molecule has 1 N–H and O–H groups in total. The standard InChI is InChI=1S/C24H21BrN2O5/c1-16-6-3-4-9-20(16)31-15-23(28)27-26-14-17-10-11-21(22(12-17)30-2)32-24(29)18-7-5-8-19(25)13-18/h3-14H,15H2,1-2H3,(H,27,28)/b26-14+. The van der Waals surface area contributed by atoms with E-state index in [0.717, 1.165) is 10.0 Å². The monoisotopic (exact) mass is 496 g/mol. The van der Waals surface area contributed by atoms with Crippen LogP contribution in [0.1, 0.15) is 21.5 Å². The van der Waals surface area contributed by atoms with Crippen LogP contribution in [0.5, 0.6) is 17.2 Å². The van der Waals surface area contributed by atoms with Crippen LogP contribution in [0.3, 0.4) is 0 Å². The van der Waals surface area contributed by atoms with Crippen molar-refractivity contribution in [3.05, 3.63) is 87.9 Å². The zero-order valence-corrected chi connectivity index (χ0v) is 19.1. The van der Waals surface area contributed by atoms with Crippen molar-refractivity contribution in [2.75, 3.05) is 13.7 Å². The number of ether oxygens (including phenoxy) is 3. The van der Waals surface area contributed by atoms with Crippen molar-refractivity contribution in [1.82, 2.24) is 5.43 Å². The number of amides is 1. The average molecular weight is 497 g/mol. The molecular weight excluding hydrogens is 476 g/mol. The Kier molecular flexibility index (Phi) is 7.99. The summed E-state index contributed by atoms with van der Waals surface area (Å²) in [7, 11) is 1.47. The fourth-order valence-corrected chi connectivity index (χ4v) is 3.10. The van der Waals surface area contributed by atoms with Crippen LogP contribution in [0.2, 0.25) is 0 Å². The van der Waals surface area contributed by atoms with E-state index in [1.165, 1.54) is 13.3 Å². The molecule has 0 spiro atoms. The van der Waals surface area contributed by atoms with Gasteiger partial charge in [0, 0.05) is 4.47 Å². The molecule has 0 aliphatic heterocycles. The lowest BCUT2D eigenvalue weighted by Gasteiger charge is -2.10. The van der Waals surface area contributed by atoms with Gasteiger partial charge in [0.05, 0.1) is 18.9 Å². The van der Waals surface area contributed by atoms with Crippen LogP contribution in [0.25, 0.3) is 0 Å². The predicted molar refractivity (Wildman–Crippen MR) is 125 cm³/mol. The number of nitrogens with zero attached hydrogens (tertiary/aromatic N) is 1. The second-order valence-electron chi connectivity index (χ2n) is 6.66. The number of rotatable bonds is 8. The van der Waals surface area contributed by atoms with E-state index in [4.69, 9.17) is 14.2 Å². The van der Waals surface area contributed by atoms with Gasteiger partial charge in [-0.15, -0.1) is 0 Å². The van der Waals surface area contributed by atoms with Gasteiger partial charge in [-0.25, -0.2) is 10.2 Å². The maximum Gasteiger partial charge on any atom is 0.343 e. The number of esters is 1. The maximum absolute atomic E-state index is 12.4. The van der Waals surface area contributed by atoms with E-state index in [9.17, 15) is 9.59 Å². The van der Waals surface area contributed by atoms with Crippen LogP contribution >= 0.6 is 15.9 Å². The Morgan fingerprint density at radius 3 is 2.56 bits per heavy atom. The Labute approximate surface area is 194 Å². The molecule has 0 radical (unpaired) electrons. The molecule has 1 amide bonds. The molecule has 3 rings (SSSR count). The molecule has 0 saturated heterocycles. The summed E-state index contributed by atoms with van der Waals surface area (Å²) in [5, 5.41) is 3.93. The molecule has 0 aromatic heterocycles. The highest BCUT2D eigenvalue weighted by atomic mass is 79.9. The molecular formula is C24H21BrN2O5. The van der Waals surface area contributed by atoms with Gasteiger partial charge in [0.25, 0.3) is 5.91 Å². The molecule has 0 saturated carbocycles. The summed E-state index contributed by atoms with van der Waals surface area (Å²) in [4.78, 5) is 24.3. The van der Waals surface area contributed by atoms with E-state index in [1.807, 2.05) is 31.2 Å². The summed E-state index contributed by atoms with van der Waals surface area (Å²) >= 11 is 3.33. The van der Waals surface area contributed by atoms with Crippen LogP contribution in [0.4, 0.5) is 0 Å². The lowest BCUT2D eigenvalue weighted by molar-refractivity contribution is -0.123. The lowest BCUT2D eigenvalue weighted by atomic mass is 10.2. The number of benzene rings is 3. The molecule has 0 heterocycles. The van der Waals surface area contributed by atoms with Gasteiger partial charge in [-0.2, -0.15) is 5.10 Å². The number of carbonyl (C=O) groups excluding carboxylic acids is 2. The van der Waals surface area contributed by atoms with E-state index in [1.54, 1.807) is 42.5 Å². The molecule has 7 nitrogen and oxygen atoms in total. The number of hydrogen-bond donors (Lipinski definition) is 1. The molecule has 164 valence electrons. The third kappa shape index (κ3) is 6.42. The molecule has 0 fully saturated rings. The van der Waals surface area contributed by atoms with Crippen molar-refractivity contribution in [2.24, 2.45) is 5.10 Å². The lowest BCUT2D eigenvalue weighted by Crippen LogP contribution is -2.24. The van der Waals surface area contributed by atoms with Crippen molar-refractivity contribution in [2.45, 2.75) is 6.92 Å². The van der Waals surface area contributed by atoms with E-state index in [0.29, 0.717) is 22.6 Å². The van der Waals surface area contributed by atoms with Crippen LogP contribution in [0, 0.1) is 6.92 Å². The van der Waals surface area contributed by atoms with Crippen LogP contribution in [0.15, 0.2) is 76.3 Å². The number of aryl methyl sites for hydroxylation is 1. The third-order valence-electron chi connectivity index (χ3n) is 4.31. The molecule has 3 aromatic carbocycles. The highest BCUT2D eigenvalue weighted by Gasteiger charge is 2.13. The first-order valence-corrected chi connectivity index (χ1v) is 10.4. The molecule has 3 aromatic rings. The predicted octanol–water partition coefficient (Wildman–Crippen LogP) is 4.51. The van der Waals surface area contributed by atoms with Crippen molar-refractivity contribution >= 4 is 34.0 Å². The van der Waals surface area contributed by atoms with Gasteiger partial charge in [-0.1, -0.05) is 40.2 Å². The zero-order chi connectivity index (χ0) is 22.9. The van der Waals surface area contributed by atoms with Gasteiger partial charge in [-0.3, -0.25) is 4.79 Å². The molecule has 0 aliphatic carbocycles. The molecule has 32 heavy (non-hydrogen) atoms. The van der Waals surface area contributed by atoms with Gasteiger partial charge in [0.1, 0.15) is 5.75 Å². The highest BCUT2D eigenvalue weighted by molar-refractivity contribution is 9.10. The van der Waals surface area contributed by atoms with Crippen LogP contribution in [-0.4, -0.2) is 31.8 Å². The van der Waals surface area contributed by atoms with Crippen LogP contribution < -0.4 is 19.6 Å². The Hall–Kier alpha value is -3.65. The smallest absolute Gasteiger partial charge is 0.343 e. The molecule has 0 atom stereocenters. The molecule has 8 heteroatoms. The topological polar surface area (TPSA) is 86.2 Å². The van der Waals surface area contributed by atoms with E-state index in [-0.39, 0.29) is 12.4 Å². The first kappa shape index (κ1) is 23.0. The van der Waals surface area contributed by atoms with Crippen molar-refractivity contribution < 1.29 is 23.8 Å². The van der Waals surface area contributed by atoms with Gasteiger partial charge < -0.3 is 14.2 Å². The summed E-state index contributed by atoms with van der Waals surface area (Å²) in [6.45, 7) is 1.74. The fourth-order valence-electron chi connectivity index (χ4n) is 2.70. The quantitative estimate of drug-likeness (QED) is 0.214. The van der Waals surface area contributed by atoms with Gasteiger partial charge in [0.15, 0.2) is 18.1 Å². The second kappa shape index (κ2) is 11.1. The fraction of sp³-hybridized carbons (Fsp3) is 0.125. The SMILES string of the molecule is COc1cc(/C=N/NC(=O)COc2ccccc2C)ccc1OC(=O)c1cccc(Br)c1. The number of nitrogens with one attached hydrogen (secondary N) is 1. The van der Waals surface area contributed by atoms with E-state index in [2.05, 4.69) is 26.5 Å². The number of methoxy groups -OCH3 is 1. The zero-order valence-electron chi connectivity index (χ0n) is 17.5.